The number of carbonyl (C=O) groups is 2. The van der Waals surface area contributed by atoms with Gasteiger partial charge in [-0.15, -0.1) is 11.3 Å². The molecule has 35 heavy (non-hydrogen) atoms. The van der Waals surface area contributed by atoms with Gasteiger partial charge in [0.25, 0.3) is 11.8 Å². The lowest BCUT2D eigenvalue weighted by molar-refractivity contribution is 0.1000. The Balaban J connectivity index is 1.57. The normalized spacial score (nSPS) is 15.1. The number of anilines is 1. The fraction of sp³-hybridized carbons (Fsp3) is 0.276. The molecule has 0 saturated heterocycles. The number of aromatic nitrogens is 1. The predicted octanol–water partition coefficient (Wildman–Crippen LogP) is 6.45. The maximum Gasteiger partial charge on any atom is 0.257 e. The second-order valence-corrected chi connectivity index (χ2v) is 10.5. The SMILES string of the molecule is CC[C@@H]1CCc2c(sc(NC(=O)c3cc(-c4ccc(C)c(C)c4)nc4ccccc34)c2C(N)=O)C1. The lowest BCUT2D eigenvalue weighted by Crippen LogP contribution is -2.20. The van der Waals surface area contributed by atoms with E-state index in [-0.39, 0.29) is 5.91 Å². The highest BCUT2D eigenvalue weighted by Crippen LogP contribution is 2.40. The highest BCUT2D eigenvalue weighted by Gasteiger charge is 2.28. The van der Waals surface area contributed by atoms with Crippen LogP contribution in [0, 0.1) is 19.8 Å². The van der Waals surface area contributed by atoms with Crippen LogP contribution in [0.4, 0.5) is 5.00 Å². The van der Waals surface area contributed by atoms with Crippen LogP contribution in [-0.2, 0) is 12.8 Å². The smallest absolute Gasteiger partial charge is 0.257 e. The first-order valence-electron chi connectivity index (χ1n) is 12.1. The van der Waals surface area contributed by atoms with Gasteiger partial charge in [-0.3, -0.25) is 9.59 Å². The first-order chi connectivity index (χ1) is 16.9. The Labute approximate surface area is 209 Å². The molecule has 2 aromatic heterocycles. The van der Waals surface area contributed by atoms with E-state index < -0.39 is 5.91 Å². The van der Waals surface area contributed by atoms with E-state index in [1.54, 1.807) is 0 Å². The van der Waals surface area contributed by atoms with Crippen molar-refractivity contribution in [1.29, 1.82) is 0 Å². The Morgan fingerprint density at radius 2 is 1.91 bits per heavy atom. The van der Waals surface area contributed by atoms with Gasteiger partial charge in [0.05, 0.1) is 22.3 Å². The molecule has 0 aliphatic heterocycles. The quantitative estimate of drug-likeness (QED) is 0.342. The van der Waals surface area contributed by atoms with Gasteiger partial charge in [-0.2, -0.15) is 0 Å². The van der Waals surface area contributed by atoms with Crippen LogP contribution in [0.5, 0.6) is 0 Å². The van der Waals surface area contributed by atoms with Gasteiger partial charge >= 0.3 is 0 Å². The number of aryl methyl sites for hydroxylation is 2. The molecule has 0 radical (unpaired) electrons. The number of carbonyl (C=O) groups excluding carboxylic acids is 2. The van der Waals surface area contributed by atoms with E-state index in [2.05, 4.69) is 38.2 Å². The minimum Gasteiger partial charge on any atom is -0.365 e. The number of benzene rings is 2. The summed E-state index contributed by atoms with van der Waals surface area (Å²) in [6.45, 7) is 6.34. The number of amides is 2. The molecule has 0 bridgehead atoms. The Kier molecular flexibility index (Phi) is 6.15. The van der Waals surface area contributed by atoms with Gasteiger partial charge in [0.2, 0.25) is 0 Å². The lowest BCUT2D eigenvalue weighted by atomic mass is 9.85. The molecule has 5 nitrogen and oxygen atoms in total. The molecule has 2 amide bonds. The zero-order chi connectivity index (χ0) is 24.7. The number of hydrogen-bond donors (Lipinski definition) is 2. The standard InChI is InChI=1S/C29H29N3O2S/c1-4-18-10-12-21-25(14-18)35-29(26(21)27(30)33)32-28(34)22-15-24(19-11-9-16(2)17(3)13-19)31-23-8-6-5-7-20(22)23/h5-9,11,13,15,18H,4,10,12,14H2,1-3H3,(H2,30,33)(H,32,34)/t18-/m1/s1. The monoisotopic (exact) mass is 483 g/mol. The number of nitrogens with two attached hydrogens (primary N) is 1. The van der Waals surface area contributed by atoms with E-state index >= 15 is 0 Å². The van der Waals surface area contributed by atoms with Gasteiger partial charge in [-0.25, -0.2) is 4.98 Å². The maximum atomic E-state index is 13.7. The Morgan fingerprint density at radius 3 is 2.66 bits per heavy atom. The van der Waals surface area contributed by atoms with Crippen LogP contribution in [0.25, 0.3) is 22.2 Å². The summed E-state index contributed by atoms with van der Waals surface area (Å²) in [4.78, 5) is 32.1. The van der Waals surface area contributed by atoms with Crippen molar-refractivity contribution in [1.82, 2.24) is 4.98 Å². The van der Waals surface area contributed by atoms with Crippen LogP contribution in [0.2, 0.25) is 0 Å². The number of primary amides is 1. The summed E-state index contributed by atoms with van der Waals surface area (Å²) < 4.78 is 0. The van der Waals surface area contributed by atoms with E-state index in [1.807, 2.05) is 36.4 Å². The number of nitrogens with zero attached hydrogens (tertiary/aromatic N) is 1. The average Bonchev–Trinajstić information content (AvgIpc) is 3.22. The van der Waals surface area contributed by atoms with Gasteiger partial charge in [0.1, 0.15) is 5.00 Å². The van der Waals surface area contributed by atoms with E-state index in [0.717, 1.165) is 53.4 Å². The molecule has 5 rings (SSSR count). The largest absolute Gasteiger partial charge is 0.365 e. The molecular weight excluding hydrogens is 454 g/mol. The molecule has 0 spiro atoms. The first kappa shape index (κ1) is 23.2. The molecule has 1 atom stereocenters. The van der Waals surface area contributed by atoms with E-state index in [9.17, 15) is 9.59 Å². The molecule has 0 unspecified atom stereocenters. The van der Waals surface area contributed by atoms with Crippen LogP contribution < -0.4 is 11.1 Å². The van der Waals surface area contributed by atoms with Crippen molar-refractivity contribution in [2.45, 2.75) is 46.5 Å². The van der Waals surface area contributed by atoms with Crippen LogP contribution in [0.1, 0.15) is 62.0 Å². The summed E-state index contributed by atoms with van der Waals surface area (Å²) in [5, 5.41) is 4.36. The molecule has 178 valence electrons. The number of fused-ring (bicyclic) bond motifs is 2. The highest BCUT2D eigenvalue weighted by atomic mass is 32.1. The zero-order valence-corrected chi connectivity index (χ0v) is 21.1. The summed E-state index contributed by atoms with van der Waals surface area (Å²) in [6, 6.07) is 15.7. The fourth-order valence-electron chi connectivity index (χ4n) is 4.93. The van der Waals surface area contributed by atoms with Crippen LogP contribution in [0.3, 0.4) is 0 Å². The van der Waals surface area contributed by atoms with Gasteiger partial charge in [-0.05, 0) is 73.9 Å². The summed E-state index contributed by atoms with van der Waals surface area (Å²) in [5.74, 6) is -0.139. The van der Waals surface area contributed by atoms with Gasteiger partial charge < -0.3 is 11.1 Å². The molecule has 4 aromatic rings. The Morgan fingerprint density at radius 1 is 1.11 bits per heavy atom. The average molecular weight is 484 g/mol. The van der Waals surface area contributed by atoms with Gasteiger partial charge in [0, 0.05) is 15.8 Å². The van der Waals surface area contributed by atoms with Crippen molar-refractivity contribution in [3.05, 3.63) is 81.2 Å². The molecule has 3 N–H and O–H groups in total. The molecular formula is C29H29N3O2S. The van der Waals surface area contributed by atoms with Gasteiger partial charge in [0.15, 0.2) is 0 Å². The number of thiophene rings is 1. The second-order valence-electron chi connectivity index (χ2n) is 9.41. The maximum absolute atomic E-state index is 13.7. The van der Waals surface area contributed by atoms with E-state index in [1.165, 1.54) is 27.3 Å². The predicted molar refractivity (Wildman–Crippen MR) is 143 cm³/mol. The minimum absolute atomic E-state index is 0.262. The molecule has 1 aliphatic rings. The van der Waals surface area contributed by atoms with Gasteiger partial charge in [-0.1, -0.05) is 43.7 Å². The van der Waals surface area contributed by atoms with Crippen LogP contribution in [-0.4, -0.2) is 16.8 Å². The van der Waals surface area contributed by atoms with Crippen LogP contribution in [0.15, 0.2) is 48.5 Å². The molecule has 0 saturated carbocycles. The third-order valence-electron chi connectivity index (χ3n) is 7.18. The summed E-state index contributed by atoms with van der Waals surface area (Å²) in [7, 11) is 0. The Bertz CT molecular complexity index is 1470. The topological polar surface area (TPSA) is 85.1 Å². The molecule has 1 aliphatic carbocycles. The van der Waals surface area contributed by atoms with Crippen molar-refractivity contribution < 1.29 is 9.59 Å². The third kappa shape index (κ3) is 4.34. The van der Waals surface area contributed by atoms with Crippen molar-refractivity contribution in [3.63, 3.8) is 0 Å². The number of pyridine rings is 1. The number of rotatable bonds is 5. The van der Waals surface area contributed by atoms with E-state index in [4.69, 9.17) is 10.7 Å². The molecule has 6 heteroatoms. The number of nitrogens with one attached hydrogen (secondary N) is 1. The van der Waals surface area contributed by atoms with Crippen molar-refractivity contribution in [2.24, 2.45) is 11.7 Å². The Hall–Kier alpha value is -3.51. The van der Waals surface area contributed by atoms with Crippen molar-refractivity contribution in [3.8, 4) is 11.3 Å². The van der Waals surface area contributed by atoms with Crippen molar-refractivity contribution >= 4 is 39.1 Å². The first-order valence-corrected chi connectivity index (χ1v) is 12.9. The molecule has 2 aromatic carbocycles. The molecule has 2 heterocycles. The lowest BCUT2D eigenvalue weighted by Gasteiger charge is -2.20. The fourth-order valence-corrected chi connectivity index (χ4v) is 6.30. The second kappa shape index (κ2) is 9.27. The summed E-state index contributed by atoms with van der Waals surface area (Å²) >= 11 is 1.49. The molecule has 0 fully saturated rings. The summed E-state index contributed by atoms with van der Waals surface area (Å²) in [6.07, 6.45) is 3.91. The van der Waals surface area contributed by atoms with Crippen LogP contribution >= 0.6 is 11.3 Å². The number of para-hydroxylation sites is 1. The summed E-state index contributed by atoms with van der Waals surface area (Å²) in [5.41, 5.74) is 12.6. The van der Waals surface area contributed by atoms with E-state index in [0.29, 0.717) is 22.0 Å². The highest BCUT2D eigenvalue weighted by molar-refractivity contribution is 7.17. The van der Waals surface area contributed by atoms with Crippen molar-refractivity contribution in [2.75, 3.05) is 5.32 Å². The zero-order valence-electron chi connectivity index (χ0n) is 20.3. The third-order valence-corrected chi connectivity index (χ3v) is 8.35. The minimum atomic E-state index is -0.483. The number of hydrogen-bond acceptors (Lipinski definition) is 4.